The fraction of sp³-hybridized carbons (Fsp3) is 0.500. The van der Waals surface area contributed by atoms with Crippen LogP contribution in [0.3, 0.4) is 0 Å². The standard InChI is InChI=1S/C26H34N6O/c1-5-20-17(2)9-12-21(18(20)3)29-26(4)13-15-31(16-14-26)23-8-6-7-22-27-25(30-32(22)23)28-24(33)19-10-11-19/h6-9,12,19,29H,5,10-11,13-16H2,1-4H3,(H,28,30,33). The summed E-state index contributed by atoms with van der Waals surface area (Å²) in [6, 6.07) is 10.5. The van der Waals surface area contributed by atoms with Crippen LogP contribution in [0, 0.1) is 19.8 Å². The highest BCUT2D eigenvalue weighted by Gasteiger charge is 2.32. The van der Waals surface area contributed by atoms with E-state index in [-0.39, 0.29) is 17.4 Å². The van der Waals surface area contributed by atoms with E-state index in [9.17, 15) is 4.79 Å². The quantitative estimate of drug-likeness (QED) is 0.573. The Morgan fingerprint density at radius 2 is 1.91 bits per heavy atom. The van der Waals surface area contributed by atoms with Gasteiger partial charge in [0.15, 0.2) is 5.65 Å². The Bertz CT molecular complexity index is 1190. The average molecular weight is 447 g/mol. The normalized spacial score (nSPS) is 17.9. The second-order valence-electron chi connectivity index (χ2n) is 9.91. The van der Waals surface area contributed by atoms with Crippen molar-refractivity contribution in [2.75, 3.05) is 28.6 Å². The van der Waals surface area contributed by atoms with E-state index in [2.05, 4.69) is 71.5 Å². The lowest BCUT2D eigenvalue weighted by Crippen LogP contribution is -2.47. The predicted molar refractivity (Wildman–Crippen MR) is 133 cm³/mol. The summed E-state index contributed by atoms with van der Waals surface area (Å²) in [6.07, 6.45) is 5.04. The fourth-order valence-electron chi connectivity index (χ4n) is 4.99. The van der Waals surface area contributed by atoms with Crippen LogP contribution in [-0.2, 0) is 11.2 Å². The van der Waals surface area contributed by atoms with Crippen molar-refractivity contribution in [3.8, 4) is 0 Å². The second-order valence-corrected chi connectivity index (χ2v) is 9.91. The molecule has 1 amide bonds. The number of carbonyl (C=O) groups excluding carboxylic acids is 1. The summed E-state index contributed by atoms with van der Waals surface area (Å²) in [7, 11) is 0. The zero-order valence-electron chi connectivity index (χ0n) is 20.1. The van der Waals surface area contributed by atoms with Crippen molar-refractivity contribution >= 4 is 29.0 Å². The number of rotatable bonds is 6. The van der Waals surface area contributed by atoms with Gasteiger partial charge in [0, 0.05) is 30.2 Å². The molecule has 0 spiro atoms. The van der Waals surface area contributed by atoms with Gasteiger partial charge in [0.05, 0.1) is 0 Å². The number of nitrogens with one attached hydrogen (secondary N) is 2. The van der Waals surface area contributed by atoms with E-state index in [0.29, 0.717) is 5.95 Å². The van der Waals surface area contributed by atoms with Crippen molar-refractivity contribution in [1.29, 1.82) is 0 Å². The molecule has 7 nitrogen and oxygen atoms in total. The Labute approximate surface area is 195 Å². The highest BCUT2D eigenvalue weighted by molar-refractivity contribution is 5.92. The number of pyridine rings is 1. The van der Waals surface area contributed by atoms with Gasteiger partial charge in [-0.1, -0.05) is 19.1 Å². The average Bonchev–Trinajstić information content (AvgIpc) is 3.57. The monoisotopic (exact) mass is 446 g/mol. The molecule has 1 aliphatic heterocycles. The first-order valence-corrected chi connectivity index (χ1v) is 12.2. The van der Waals surface area contributed by atoms with E-state index in [1.807, 2.05) is 16.6 Å². The molecule has 2 N–H and O–H groups in total. The van der Waals surface area contributed by atoms with Crippen LogP contribution in [-0.4, -0.2) is 39.1 Å². The first-order chi connectivity index (χ1) is 15.9. The lowest BCUT2D eigenvalue weighted by molar-refractivity contribution is -0.117. The summed E-state index contributed by atoms with van der Waals surface area (Å²) in [4.78, 5) is 19.0. The number of nitrogens with zero attached hydrogens (tertiary/aromatic N) is 4. The zero-order chi connectivity index (χ0) is 23.2. The third kappa shape index (κ3) is 4.28. The van der Waals surface area contributed by atoms with Crippen LogP contribution in [0.25, 0.3) is 5.65 Å². The van der Waals surface area contributed by atoms with Crippen LogP contribution >= 0.6 is 0 Å². The number of hydrogen-bond acceptors (Lipinski definition) is 5. The van der Waals surface area contributed by atoms with Gasteiger partial charge in [-0.2, -0.15) is 9.50 Å². The molecule has 7 heteroatoms. The molecule has 174 valence electrons. The Morgan fingerprint density at radius 3 is 2.61 bits per heavy atom. The molecule has 1 saturated heterocycles. The third-order valence-corrected chi connectivity index (χ3v) is 7.34. The Balaban J connectivity index is 1.30. The van der Waals surface area contributed by atoms with Gasteiger partial charge < -0.3 is 10.2 Å². The summed E-state index contributed by atoms with van der Waals surface area (Å²) in [6.45, 7) is 10.8. The highest BCUT2D eigenvalue weighted by atomic mass is 16.2. The Kier molecular flexibility index (Phi) is 5.51. The molecule has 1 saturated carbocycles. The van der Waals surface area contributed by atoms with Gasteiger partial charge in [0.1, 0.15) is 5.82 Å². The summed E-state index contributed by atoms with van der Waals surface area (Å²) in [5.41, 5.74) is 6.24. The number of anilines is 3. The van der Waals surface area contributed by atoms with Crippen LogP contribution < -0.4 is 15.5 Å². The number of benzene rings is 1. The Morgan fingerprint density at radius 1 is 1.15 bits per heavy atom. The molecule has 2 aliphatic rings. The van der Waals surface area contributed by atoms with Gasteiger partial charge in [-0.15, -0.1) is 5.10 Å². The van der Waals surface area contributed by atoms with E-state index in [1.54, 1.807) is 0 Å². The molecular formula is C26H34N6O. The van der Waals surface area contributed by atoms with E-state index < -0.39 is 0 Å². The number of fused-ring (bicyclic) bond motifs is 1. The van der Waals surface area contributed by atoms with E-state index >= 15 is 0 Å². The van der Waals surface area contributed by atoms with Gasteiger partial charge in [0.2, 0.25) is 11.9 Å². The minimum Gasteiger partial charge on any atom is -0.380 e. The summed E-state index contributed by atoms with van der Waals surface area (Å²) >= 11 is 0. The minimum atomic E-state index is 0.0323. The number of carbonyl (C=O) groups is 1. The van der Waals surface area contributed by atoms with E-state index in [0.717, 1.165) is 56.7 Å². The molecule has 3 heterocycles. The molecular weight excluding hydrogens is 412 g/mol. The minimum absolute atomic E-state index is 0.0323. The third-order valence-electron chi connectivity index (χ3n) is 7.34. The van der Waals surface area contributed by atoms with Crippen LogP contribution in [0.5, 0.6) is 0 Å². The summed E-state index contributed by atoms with van der Waals surface area (Å²) in [5.74, 6) is 1.58. The topological polar surface area (TPSA) is 74.6 Å². The molecule has 1 aliphatic carbocycles. The number of aryl methyl sites for hydroxylation is 1. The lowest BCUT2D eigenvalue weighted by Gasteiger charge is -2.42. The fourth-order valence-corrected chi connectivity index (χ4v) is 4.99. The highest BCUT2D eigenvalue weighted by Crippen LogP contribution is 2.33. The van der Waals surface area contributed by atoms with E-state index in [4.69, 9.17) is 0 Å². The maximum absolute atomic E-state index is 12.1. The van der Waals surface area contributed by atoms with Gasteiger partial charge >= 0.3 is 0 Å². The predicted octanol–water partition coefficient (Wildman–Crippen LogP) is 4.73. The van der Waals surface area contributed by atoms with Gasteiger partial charge in [-0.05, 0) is 87.8 Å². The second kappa shape index (κ2) is 8.36. The summed E-state index contributed by atoms with van der Waals surface area (Å²) < 4.78 is 1.86. The first kappa shape index (κ1) is 21.7. The molecule has 0 unspecified atom stereocenters. The van der Waals surface area contributed by atoms with Crippen LogP contribution in [0.15, 0.2) is 30.3 Å². The number of hydrogen-bond donors (Lipinski definition) is 2. The molecule has 1 aromatic carbocycles. The zero-order valence-corrected chi connectivity index (χ0v) is 20.1. The molecule has 0 radical (unpaired) electrons. The number of aromatic nitrogens is 3. The Hall–Kier alpha value is -3.09. The molecule has 0 atom stereocenters. The van der Waals surface area contributed by atoms with Crippen molar-refractivity contribution in [1.82, 2.24) is 14.6 Å². The van der Waals surface area contributed by atoms with Crippen LogP contribution in [0.4, 0.5) is 17.5 Å². The maximum Gasteiger partial charge on any atom is 0.249 e. The van der Waals surface area contributed by atoms with Crippen molar-refractivity contribution in [3.63, 3.8) is 0 Å². The van der Waals surface area contributed by atoms with Gasteiger partial charge in [0.25, 0.3) is 0 Å². The van der Waals surface area contributed by atoms with Crippen LogP contribution in [0.1, 0.15) is 56.2 Å². The van der Waals surface area contributed by atoms with Crippen LogP contribution in [0.2, 0.25) is 0 Å². The number of piperidine rings is 1. The maximum atomic E-state index is 12.1. The number of amides is 1. The van der Waals surface area contributed by atoms with Crippen molar-refractivity contribution < 1.29 is 4.79 Å². The largest absolute Gasteiger partial charge is 0.380 e. The molecule has 0 bridgehead atoms. The smallest absolute Gasteiger partial charge is 0.249 e. The molecule has 2 fully saturated rings. The molecule has 2 aromatic heterocycles. The first-order valence-electron chi connectivity index (χ1n) is 12.2. The molecule has 5 rings (SSSR count). The summed E-state index contributed by atoms with van der Waals surface area (Å²) in [5, 5.41) is 11.3. The SMILES string of the molecule is CCc1c(C)ccc(NC2(C)CCN(c3cccc4nc(NC(=O)C5CC5)nn34)CC2)c1C. The van der Waals surface area contributed by atoms with Crippen molar-refractivity contribution in [2.45, 2.75) is 65.3 Å². The van der Waals surface area contributed by atoms with E-state index in [1.165, 1.54) is 22.4 Å². The van der Waals surface area contributed by atoms with Gasteiger partial charge in [-0.3, -0.25) is 10.1 Å². The molecule has 3 aromatic rings. The van der Waals surface area contributed by atoms with Crippen molar-refractivity contribution in [2.24, 2.45) is 5.92 Å². The van der Waals surface area contributed by atoms with Gasteiger partial charge in [-0.25, -0.2) is 0 Å². The van der Waals surface area contributed by atoms with Crippen molar-refractivity contribution in [3.05, 3.63) is 47.0 Å². The molecule has 33 heavy (non-hydrogen) atoms. The lowest BCUT2D eigenvalue weighted by atomic mass is 9.88.